The third-order valence-electron chi connectivity index (χ3n) is 3.10. The summed E-state index contributed by atoms with van der Waals surface area (Å²) in [5.41, 5.74) is 1.05. The molecular weight excluding hydrogens is 361 g/mol. The second-order valence-corrected chi connectivity index (χ2v) is 7.19. The third kappa shape index (κ3) is 3.83. The molecule has 0 radical (unpaired) electrons. The average molecular weight is 376 g/mol. The number of methoxy groups -OCH3 is 2. The molecule has 0 saturated carbocycles. The summed E-state index contributed by atoms with van der Waals surface area (Å²) >= 11 is 12.1. The Balaban J connectivity index is 2.46. The van der Waals surface area contributed by atoms with Crippen molar-refractivity contribution < 1.29 is 17.9 Å². The fraction of sp³-hybridized carbons (Fsp3) is 0.200. The Morgan fingerprint density at radius 1 is 0.957 bits per heavy atom. The molecule has 2 rings (SSSR count). The van der Waals surface area contributed by atoms with Crippen molar-refractivity contribution in [2.24, 2.45) is 0 Å². The molecule has 0 spiro atoms. The molecule has 5 nitrogen and oxygen atoms in total. The first-order valence-electron chi connectivity index (χ1n) is 6.49. The Morgan fingerprint density at radius 3 is 2.17 bits per heavy atom. The summed E-state index contributed by atoms with van der Waals surface area (Å²) in [5, 5.41) is 0.386. The fourth-order valence-electron chi connectivity index (χ4n) is 1.96. The van der Waals surface area contributed by atoms with Crippen molar-refractivity contribution in [2.45, 2.75) is 11.8 Å². The molecule has 124 valence electrons. The zero-order chi connectivity index (χ0) is 17.2. The van der Waals surface area contributed by atoms with Gasteiger partial charge in [-0.05, 0) is 30.7 Å². The first-order chi connectivity index (χ1) is 10.8. The summed E-state index contributed by atoms with van der Waals surface area (Å²) < 4.78 is 37.8. The monoisotopic (exact) mass is 375 g/mol. The van der Waals surface area contributed by atoms with Crippen LogP contribution in [-0.4, -0.2) is 22.6 Å². The number of hydrogen-bond donors (Lipinski definition) is 1. The van der Waals surface area contributed by atoms with Crippen molar-refractivity contribution in [3.63, 3.8) is 0 Å². The Bertz CT molecular complexity index is 838. The molecule has 0 saturated heterocycles. The molecule has 23 heavy (non-hydrogen) atoms. The molecule has 1 N–H and O–H groups in total. The van der Waals surface area contributed by atoms with Crippen LogP contribution in [0.1, 0.15) is 5.56 Å². The predicted octanol–water partition coefficient (Wildman–Crippen LogP) is 4.12. The van der Waals surface area contributed by atoms with E-state index in [9.17, 15) is 8.42 Å². The van der Waals surface area contributed by atoms with Crippen LogP contribution in [0.4, 0.5) is 5.69 Å². The third-order valence-corrected chi connectivity index (χ3v) is 5.24. The largest absolute Gasteiger partial charge is 0.495 e. The Labute approximate surface area is 145 Å². The Morgan fingerprint density at radius 2 is 1.61 bits per heavy atom. The van der Waals surface area contributed by atoms with E-state index in [0.717, 1.165) is 5.56 Å². The van der Waals surface area contributed by atoms with Gasteiger partial charge in [0.05, 0.1) is 30.0 Å². The van der Waals surface area contributed by atoms with E-state index >= 15 is 0 Å². The molecule has 0 amide bonds. The molecule has 0 aliphatic heterocycles. The van der Waals surface area contributed by atoms with E-state index in [1.807, 2.05) is 6.92 Å². The highest BCUT2D eigenvalue weighted by atomic mass is 35.5. The van der Waals surface area contributed by atoms with Gasteiger partial charge in [-0.15, -0.1) is 0 Å². The standard InChI is InChI=1S/C15H15Cl2NO4S/c1-9-4-5-15(11(17)6-9)23(19,20)18-12-7-10(16)13(21-2)8-14(12)22-3/h4-8,18H,1-3H3. The topological polar surface area (TPSA) is 64.6 Å². The molecule has 0 aromatic heterocycles. The second-order valence-electron chi connectivity index (χ2n) is 4.73. The summed E-state index contributed by atoms with van der Waals surface area (Å²) in [6.07, 6.45) is 0. The van der Waals surface area contributed by atoms with E-state index in [2.05, 4.69) is 4.72 Å². The zero-order valence-electron chi connectivity index (χ0n) is 12.7. The first kappa shape index (κ1) is 17.7. The highest BCUT2D eigenvalue weighted by Crippen LogP contribution is 2.37. The maximum Gasteiger partial charge on any atom is 0.263 e. The number of ether oxygens (including phenoxy) is 2. The van der Waals surface area contributed by atoms with Gasteiger partial charge >= 0.3 is 0 Å². The lowest BCUT2D eigenvalue weighted by molar-refractivity contribution is 0.396. The number of anilines is 1. The molecule has 0 atom stereocenters. The molecule has 0 fully saturated rings. The summed E-state index contributed by atoms with van der Waals surface area (Å²) in [4.78, 5) is -0.0289. The number of benzene rings is 2. The van der Waals surface area contributed by atoms with Gasteiger partial charge in [0.25, 0.3) is 10.0 Å². The van der Waals surface area contributed by atoms with Gasteiger partial charge < -0.3 is 9.47 Å². The van der Waals surface area contributed by atoms with Crippen LogP contribution >= 0.6 is 23.2 Å². The van der Waals surface area contributed by atoms with Crippen LogP contribution < -0.4 is 14.2 Å². The van der Waals surface area contributed by atoms with Crippen LogP contribution in [0, 0.1) is 6.92 Å². The fourth-order valence-corrected chi connectivity index (χ4v) is 3.87. The summed E-state index contributed by atoms with van der Waals surface area (Å²) in [7, 11) is -1.02. The second kappa shape index (κ2) is 6.86. The van der Waals surface area contributed by atoms with Crippen molar-refractivity contribution in [3.05, 3.63) is 45.9 Å². The molecular formula is C15H15Cl2NO4S. The SMILES string of the molecule is COc1cc(OC)c(NS(=O)(=O)c2ccc(C)cc2Cl)cc1Cl. The van der Waals surface area contributed by atoms with Crippen molar-refractivity contribution in [3.8, 4) is 11.5 Å². The van der Waals surface area contributed by atoms with Gasteiger partial charge in [-0.25, -0.2) is 8.42 Å². The van der Waals surface area contributed by atoms with Gasteiger partial charge in [-0.1, -0.05) is 29.3 Å². The van der Waals surface area contributed by atoms with Gasteiger partial charge in [-0.3, -0.25) is 4.72 Å². The van der Waals surface area contributed by atoms with Crippen LogP contribution in [0.15, 0.2) is 35.2 Å². The van der Waals surface area contributed by atoms with E-state index in [1.54, 1.807) is 12.1 Å². The quantitative estimate of drug-likeness (QED) is 0.853. The van der Waals surface area contributed by atoms with E-state index in [0.29, 0.717) is 5.75 Å². The van der Waals surface area contributed by atoms with Gasteiger partial charge in [0.1, 0.15) is 16.4 Å². The maximum absolute atomic E-state index is 12.5. The van der Waals surface area contributed by atoms with Crippen LogP contribution in [0.25, 0.3) is 0 Å². The van der Waals surface area contributed by atoms with Crippen LogP contribution in [0.5, 0.6) is 11.5 Å². The van der Waals surface area contributed by atoms with Crippen LogP contribution in [-0.2, 0) is 10.0 Å². The van der Waals surface area contributed by atoms with E-state index in [1.165, 1.54) is 32.4 Å². The molecule has 8 heteroatoms. The minimum Gasteiger partial charge on any atom is -0.495 e. The molecule has 0 aliphatic rings. The number of sulfonamides is 1. The van der Waals surface area contributed by atoms with Crippen molar-refractivity contribution in [1.29, 1.82) is 0 Å². The van der Waals surface area contributed by atoms with Crippen molar-refractivity contribution in [2.75, 3.05) is 18.9 Å². The minimum absolute atomic E-state index is 0.0289. The van der Waals surface area contributed by atoms with E-state index < -0.39 is 10.0 Å². The lowest BCUT2D eigenvalue weighted by atomic mass is 10.2. The Kier molecular flexibility index (Phi) is 5.29. The molecule has 0 unspecified atom stereocenters. The van der Waals surface area contributed by atoms with E-state index in [-0.39, 0.29) is 26.4 Å². The van der Waals surface area contributed by atoms with Crippen molar-refractivity contribution >= 4 is 38.9 Å². The van der Waals surface area contributed by atoms with Gasteiger partial charge in [0, 0.05) is 6.07 Å². The highest BCUT2D eigenvalue weighted by Gasteiger charge is 2.21. The zero-order valence-corrected chi connectivity index (χ0v) is 15.0. The summed E-state index contributed by atoms with van der Waals surface area (Å²) in [6, 6.07) is 7.60. The van der Waals surface area contributed by atoms with Crippen molar-refractivity contribution in [1.82, 2.24) is 0 Å². The Hall–Kier alpha value is -1.63. The van der Waals surface area contributed by atoms with Gasteiger partial charge in [0.2, 0.25) is 0 Å². The van der Waals surface area contributed by atoms with Crippen LogP contribution in [0.2, 0.25) is 10.0 Å². The van der Waals surface area contributed by atoms with Gasteiger partial charge in [-0.2, -0.15) is 0 Å². The highest BCUT2D eigenvalue weighted by molar-refractivity contribution is 7.92. The number of rotatable bonds is 5. The molecule has 2 aromatic rings. The average Bonchev–Trinajstić information content (AvgIpc) is 2.46. The number of hydrogen-bond acceptors (Lipinski definition) is 4. The van der Waals surface area contributed by atoms with E-state index in [4.69, 9.17) is 32.7 Å². The van der Waals surface area contributed by atoms with Gasteiger partial charge in [0.15, 0.2) is 0 Å². The maximum atomic E-state index is 12.5. The lowest BCUT2D eigenvalue weighted by Crippen LogP contribution is -2.14. The molecule has 2 aromatic carbocycles. The summed E-state index contributed by atoms with van der Waals surface area (Å²) in [5.74, 6) is 0.651. The summed E-state index contributed by atoms with van der Waals surface area (Å²) in [6.45, 7) is 1.82. The number of halogens is 2. The minimum atomic E-state index is -3.89. The number of nitrogens with one attached hydrogen (secondary N) is 1. The lowest BCUT2D eigenvalue weighted by Gasteiger charge is -2.15. The first-order valence-corrected chi connectivity index (χ1v) is 8.73. The molecule has 0 aliphatic carbocycles. The van der Waals surface area contributed by atoms with Crippen LogP contribution in [0.3, 0.4) is 0 Å². The smallest absolute Gasteiger partial charge is 0.263 e. The predicted molar refractivity (Wildman–Crippen MR) is 91.6 cm³/mol. The number of aryl methyl sites for hydroxylation is 1. The molecule has 0 heterocycles. The molecule has 0 bridgehead atoms. The normalized spacial score (nSPS) is 11.2.